The van der Waals surface area contributed by atoms with Crippen molar-refractivity contribution in [1.82, 2.24) is 5.48 Å². The van der Waals surface area contributed by atoms with Crippen molar-refractivity contribution in [2.24, 2.45) is 0 Å². The predicted octanol–water partition coefficient (Wildman–Crippen LogP) is 0.614. The zero-order valence-corrected chi connectivity index (χ0v) is 11.2. The van der Waals surface area contributed by atoms with Gasteiger partial charge in [-0.1, -0.05) is 6.04 Å². The lowest BCUT2D eigenvalue weighted by Gasteiger charge is -2.23. The van der Waals surface area contributed by atoms with E-state index in [1.807, 2.05) is 7.05 Å². The summed E-state index contributed by atoms with van der Waals surface area (Å²) in [4.78, 5) is 5.48. The van der Waals surface area contributed by atoms with Gasteiger partial charge >= 0.3 is 0 Å². The summed E-state index contributed by atoms with van der Waals surface area (Å²) in [5.74, 6) is 0. The lowest BCUT2D eigenvalue weighted by Crippen LogP contribution is -2.30. The zero-order valence-electron chi connectivity index (χ0n) is 9.83. The Balaban J connectivity index is 2.18. The molecule has 5 heteroatoms. The highest BCUT2D eigenvalue weighted by Gasteiger charge is 2.17. The van der Waals surface area contributed by atoms with Gasteiger partial charge in [0.05, 0.1) is 21.4 Å². The summed E-state index contributed by atoms with van der Waals surface area (Å²) in [5, 5.41) is 0. The van der Waals surface area contributed by atoms with Crippen LogP contribution in [0, 0.1) is 0 Å². The van der Waals surface area contributed by atoms with Crippen molar-refractivity contribution in [1.29, 1.82) is 0 Å². The Hall–Kier alpha value is 0.0569. The third-order valence-corrected chi connectivity index (χ3v) is 4.85. The first-order valence-electron chi connectivity index (χ1n) is 5.79. The molecule has 0 bridgehead atoms. The largest absolute Gasteiger partial charge is 0.359 e. The van der Waals surface area contributed by atoms with E-state index in [0.29, 0.717) is 18.6 Å². The quantitative estimate of drug-likeness (QED) is 0.429. The third kappa shape index (κ3) is 5.63. The minimum absolute atomic E-state index is 0.106. The summed E-state index contributed by atoms with van der Waals surface area (Å²) in [7, 11) is 3.41. The van der Waals surface area contributed by atoms with Crippen LogP contribution in [0.25, 0.3) is 0 Å². The fourth-order valence-electron chi connectivity index (χ4n) is 2.05. The van der Waals surface area contributed by atoms with Crippen molar-refractivity contribution in [3.63, 3.8) is 0 Å². The molecule has 1 saturated heterocycles. The van der Waals surface area contributed by atoms with Gasteiger partial charge in [-0.05, 0) is 25.7 Å². The topological polar surface area (TPSA) is 39.7 Å². The summed E-state index contributed by atoms with van der Waals surface area (Å²) >= 11 is 0. The van der Waals surface area contributed by atoms with Crippen LogP contribution in [-0.4, -0.2) is 42.3 Å². The van der Waals surface area contributed by atoms with E-state index in [2.05, 4.69) is 5.48 Å². The summed E-state index contributed by atoms with van der Waals surface area (Å²) in [6, 6.07) is 1.31. The molecule has 1 heterocycles. The van der Waals surface area contributed by atoms with Gasteiger partial charge in [-0.3, -0.25) is 0 Å². The summed E-state index contributed by atoms with van der Waals surface area (Å²) in [5.41, 5.74) is 3.33. The molecule has 15 heavy (non-hydrogen) atoms. The molecular formula is C10H23NO3Si. The highest BCUT2D eigenvalue weighted by Crippen LogP contribution is 2.17. The van der Waals surface area contributed by atoms with Crippen LogP contribution in [0.5, 0.6) is 0 Å². The fraction of sp³-hybridized carbons (Fsp3) is 1.00. The van der Waals surface area contributed by atoms with Crippen LogP contribution in [-0.2, 0) is 14.3 Å². The number of nitrogens with one attached hydrogen (secondary N) is 1. The average Bonchev–Trinajstić information content (AvgIpc) is 2.20. The molecule has 1 rings (SSSR count). The highest BCUT2D eigenvalue weighted by atomic mass is 28.2. The van der Waals surface area contributed by atoms with Crippen molar-refractivity contribution >= 4 is 9.52 Å². The molecule has 1 aliphatic heterocycles. The predicted molar refractivity (Wildman–Crippen MR) is 62.5 cm³/mol. The first-order chi connectivity index (χ1) is 7.36. The summed E-state index contributed by atoms with van der Waals surface area (Å²) in [6.07, 6.45) is 5.11. The van der Waals surface area contributed by atoms with E-state index >= 15 is 0 Å². The second-order valence-electron chi connectivity index (χ2n) is 4.00. The van der Waals surface area contributed by atoms with E-state index in [4.69, 9.17) is 14.3 Å². The second-order valence-corrected chi connectivity index (χ2v) is 6.20. The van der Waals surface area contributed by atoms with Crippen molar-refractivity contribution in [3.05, 3.63) is 0 Å². The maximum atomic E-state index is 5.61. The Kier molecular flexibility index (Phi) is 7.21. The van der Waals surface area contributed by atoms with Crippen LogP contribution < -0.4 is 5.48 Å². The summed E-state index contributed by atoms with van der Waals surface area (Å²) in [6.45, 7) is 0.433. The molecule has 2 unspecified atom stereocenters. The van der Waals surface area contributed by atoms with Gasteiger partial charge in [0.2, 0.25) is 0 Å². The van der Waals surface area contributed by atoms with E-state index in [9.17, 15) is 0 Å². The SMILES string of the molecule is CNOC1CCCC(OCOC)CC[SiH2]1. The molecule has 0 aromatic carbocycles. The lowest BCUT2D eigenvalue weighted by molar-refractivity contribution is -0.0774. The number of ether oxygens (including phenoxy) is 2. The van der Waals surface area contributed by atoms with E-state index in [-0.39, 0.29) is 9.52 Å². The standard InChI is InChI=1S/C10H23NO3Si/c1-11-14-10-5-3-4-9(6-7-15-10)13-8-12-2/h9-11H,3-8,15H2,1-2H3. The van der Waals surface area contributed by atoms with Gasteiger partial charge in [0.25, 0.3) is 0 Å². The molecule has 0 radical (unpaired) electrons. The van der Waals surface area contributed by atoms with Gasteiger partial charge in [0.15, 0.2) is 0 Å². The zero-order chi connectivity index (χ0) is 10.9. The Bertz CT molecular complexity index is 150. The lowest BCUT2D eigenvalue weighted by atomic mass is 10.1. The maximum absolute atomic E-state index is 5.61. The molecule has 0 aliphatic carbocycles. The van der Waals surface area contributed by atoms with Crippen LogP contribution in [0.15, 0.2) is 0 Å². The molecule has 1 N–H and O–H groups in total. The van der Waals surface area contributed by atoms with Crippen LogP contribution in [0.3, 0.4) is 0 Å². The molecule has 0 aromatic heterocycles. The third-order valence-electron chi connectivity index (χ3n) is 2.81. The van der Waals surface area contributed by atoms with Gasteiger partial charge in [0, 0.05) is 14.2 Å². The van der Waals surface area contributed by atoms with Crippen molar-refractivity contribution in [2.75, 3.05) is 21.0 Å². The van der Waals surface area contributed by atoms with Gasteiger partial charge in [0.1, 0.15) is 6.79 Å². The van der Waals surface area contributed by atoms with E-state index in [1.165, 1.54) is 25.3 Å². The monoisotopic (exact) mass is 233 g/mol. The maximum Gasteiger partial charge on any atom is 0.146 e. The highest BCUT2D eigenvalue weighted by molar-refractivity contribution is 6.37. The number of methoxy groups -OCH3 is 1. The molecule has 1 aliphatic rings. The molecular weight excluding hydrogens is 210 g/mol. The van der Waals surface area contributed by atoms with E-state index in [1.54, 1.807) is 7.11 Å². The number of rotatable bonds is 5. The van der Waals surface area contributed by atoms with Crippen molar-refractivity contribution < 1.29 is 14.3 Å². The molecule has 0 amide bonds. The van der Waals surface area contributed by atoms with Crippen LogP contribution >= 0.6 is 0 Å². The number of hydrogen-bond acceptors (Lipinski definition) is 4. The van der Waals surface area contributed by atoms with Gasteiger partial charge in [-0.15, -0.1) is 0 Å². The van der Waals surface area contributed by atoms with Crippen LogP contribution in [0.1, 0.15) is 25.7 Å². The minimum atomic E-state index is -0.106. The van der Waals surface area contributed by atoms with Crippen LogP contribution in [0.4, 0.5) is 0 Å². The Morgan fingerprint density at radius 2 is 2.20 bits per heavy atom. The molecule has 0 saturated carbocycles. The van der Waals surface area contributed by atoms with Crippen molar-refractivity contribution in [2.45, 2.75) is 43.6 Å². The molecule has 4 nitrogen and oxygen atoms in total. The minimum Gasteiger partial charge on any atom is -0.359 e. The van der Waals surface area contributed by atoms with Gasteiger partial charge in [-0.2, -0.15) is 0 Å². The molecule has 90 valence electrons. The smallest absolute Gasteiger partial charge is 0.146 e. The van der Waals surface area contributed by atoms with Gasteiger partial charge < -0.3 is 14.3 Å². The molecule has 0 spiro atoms. The molecule has 1 fully saturated rings. The van der Waals surface area contributed by atoms with Crippen LogP contribution in [0.2, 0.25) is 6.04 Å². The number of hydroxylamine groups is 1. The second kappa shape index (κ2) is 8.24. The first-order valence-corrected chi connectivity index (χ1v) is 7.61. The number of hydrogen-bond donors (Lipinski definition) is 1. The summed E-state index contributed by atoms with van der Waals surface area (Å²) < 4.78 is 10.5. The van der Waals surface area contributed by atoms with Gasteiger partial charge in [-0.25, -0.2) is 5.48 Å². The van der Waals surface area contributed by atoms with Crippen molar-refractivity contribution in [3.8, 4) is 0 Å². The Labute approximate surface area is 94.4 Å². The first kappa shape index (κ1) is 13.1. The Morgan fingerprint density at radius 1 is 1.33 bits per heavy atom. The average molecular weight is 233 g/mol. The van der Waals surface area contributed by atoms with E-state index in [0.717, 1.165) is 6.42 Å². The normalized spacial score (nSPS) is 30.0. The van der Waals surface area contributed by atoms with E-state index < -0.39 is 0 Å². The molecule has 0 aromatic rings. The molecule has 2 atom stereocenters. The fourth-order valence-corrected chi connectivity index (χ4v) is 4.06. The Morgan fingerprint density at radius 3 is 2.93 bits per heavy atom.